The first-order valence-electron chi connectivity index (χ1n) is 11.1. The van der Waals surface area contributed by atoms with Crippen molar-refractivity contribution in [3.63, 3.8) is 0 Å². The van der Waals surface area contributed by atoms with E-state index in [0.29, 0.717) is 9.92 Å². The monoisotopic (exact) mass is 578 g/mol. The van der Waals surface area contributed by atoms with Gasteiger partial charge in [0.1, 0.15) is 15.1 Å². The predicted octanol–water partition coefficient (Wildman–Crippen LogP) is 4.27. The number of aryl methyl sites for hydroxylation is 1. The average molecular weight is 579 g/mol. The number of hydrogen-bond donors (Lipinski definition) is 1. The number of nitrogens with one attached hydrogen (secondary N) is 1. The van der Waals surface area contributed by atoms with Crippen molar-refractivity contribution in [3.05, 3.63) is 41.3 Å². The van der Waals surface area contributed by atoms with E-state index in [1.54, 1.807) is 17.9 Å². The maximum Gasteiger partial charge on any atom is 0.394 e. The molecule has 15 heteroatoms. The first-order valence-corrected chi connectivity index (χ1v) is 15.5. The summed E-state index contributed by atoms with van der Waals surface area (Å²) in [6.45, 7) is -0.115. The van der Waals surface area contributed by atoms with Gasteiger partial charge in [0.25, 0.3) is 5.91 Å². The van der Waals surface area contributed by atoms with E-state index in [2.05, 4.69) is 19.9 Å². The summed E-state index contributed by atoms with van der Waals surface area (Å²) in [5, 5.41) is 9.09. The van der Waals surface area contributed by atoms with Crippen LogP contribution in [0.25, 0.3) is 5.82 Å². The summed E-state index contributed by atoms with van der Waals surface area (Å²) >= 11 is 6.24. The van der Waals surface area contributed by atoms with E-state index in [1.807, 2.05) is 18.8 Å². The average Bonchev–Trinajstić information content (AvgIpc) is 3.26. The van der Waals surface area contributed by atoms with Crippen LogP contribution in [0.15, 0.2) is 40.5 Å². The Bertz CT molecular complexity index is 1350. The fourth-order valence-corrected chi connectivity index (χ4v) is 6.68. The van der Waals surface area contributed by atoms with E-state index in [1.165, 1.54) is 29.1 Å². The second kappa shape index (κ2) is 9.95. The number of pyridine rings is 1. The van der Waals surface area contributed by atoms with E-state index < -0.39 is 38.5 Å². The minimum absolute atomic E-state index is 0.0119. The molecule has 202 valence electrons. The van der Waals surface area contributed by atoms with Crippen molar-refractivity contribution in [1.29, 1.82) is 0 Å². The van der Waals surface area contributed by atoms with Gasteiger partial charge < -0.3 is 4.74 Å². The number of alkyl halides is 3. The van der Waals surface area contributed by atoms with Gasteiger partial charge in [-0.1, -0.05) is 11.6 Å². The molecule has 3 heterocycles. The molecular formula is C22H26ClF3N6O3S2. The highest BCUT2D eigenvalue weighted by molar-refractivity contribution is 8.32. The Morgan fingerprint density at radius 1 is 1.24 bits per heavy atom. The van der Waals surface area contributed by atoms with Crippen LogP contribution >= 0.6 is 21.6 Å². The number of nitrogens with zero attached hydrogens (tertiary/aromatic N) is 5. The summed E-state index contributed by atoms with van der Waals surface area (Å²) in [6, 6.07) is 4.39. The van der Waals surface area contributed by atoms with Crippen molar-refractivity contribution in [3.8, 4) is 11.7 Å². The molecule has 1 unspecified atom stereocenters. The number of halogens is 4. The predicted molar refractivity (Wildman–Crippen MR) is 135 cm³/mol. The summed E-state index contributed by atoms with van der Waals surface area (Å²) in [7, 11) is -1.45. The molecule has 37 heavy (non-hydrogen) atoms. The van der Waals surface area contributed by atoms with Crippen molar-refractivity contribution in [2.75, 3.05) is 25.4 Å². The van der Waals surface area contributed by atoms with Gasteiger partial charge in [-0.3, -0.25) is 14.2 Å². The van der Waals surface area contributed by atoms with Gasteiger partial charge >= 0.3 is 6.18 Å². The van der Waals surface area contributed by atoms with E-state index in [-0.39, 0.29) is 48.3 Å². The van der Waals surface area contributed by atoms with E-state index >= 15 is 0 Å². The largest absolute Gasteiger partial charge is 0.477 e. The van der Waals surface area contributed by atoms with Crippen molar-refractivity contribution < 1.29 is 26.9 Å². The molecule has 1 amide bonds. The van der Waals surface area contributed by atoms with Crippen molar-refractivity contribution in [1.82, 2.24) is 29.3 Å². The number of aromatic nitrogens is 5. The second-order valence-electron chi connectivity index (χ2n) is 9.49. The maximum absolute atomic E-state index is 13.1. The Hall–Kier alpha value is -2.58. The number of amides is 1. The van der Waals surface area contributed by atoms with Crippen LogP contribution in [0.2, 0.25) is 5.15 Å². The third kappa shape index (κ3) is 5.96. The molecule has 0 aromatic carbocycles. The SMILES string of the molecule is Cn1cc(S(=O)NC(=O)c2ccc(-n3ccc(OCCC4(C(F)(F)F)CC4)n3)nc2Cl)c(S(C)(C)C)n1. The summed E-state index contributed by atoms with van der Waals surface area (Å²) in [4.78, 5) is 17.4. The molecule has 1 saturated carbocycles. The quantitative estimate of drug-likeness (QED) is 0.380. The Labute approximate surface area is 220 Å². The molecule has 0 radical (unpaired) electrons. The number of carbonyl (C=O) groups is 1. The molecule has 0 aliphatic heterocycles. The zero-order valence-corrected chi connectivity index (χ0v) is 22.9. The molecule has 0 saturated heterocycles. The van der Waals surface area contributed by atoms with Gasteiger partial charge in [-0.2, -0.15) is 18.3 Å². The van der Waals surface area contributed by atoms with Crippen LogP contribution in [-0.4, -0.2) is 66.2 Å². The van der Waals surface area contributed by atoms with Gasteiger partial charge in [-0.15, -0.1) is 5.10 Å². The second-order valence-corrected chi connectivity index (χ2v) is 15.1. The molecule has 1 fully saturated rings. The molecular weight excluding hydrogens is 553 g/mol. The molecule has 1 aliphatic rings. The van der Waals surface area contributed by atoms with Crippen LogP contribution in [0.4, 0.5) is 13.2 Å². The minimum atomic E-state index is -4.23. The molecule has 9 nitrogen and oxygen atoms in total. The lowest BCUT2D eigenvalue weighted by Gasteiger charge is -2.23. The lowest BCUT2D eigenvalue weighted by atomic mass is 10.0. The van der Waals surface area contributed by atoms with Crippen LogP contribution in [0.3, 0.4) is 0 Å². The van der Waals surface area contributed by atoms with Gasteiger partial charge in [0.2, 0.25) is 5.88 Å². The number of carbonyl (C=O) groups excluding carboxylic acids is 1. The topological polar surface area (TPSA) is 104 Å². The summed E-state index contributed by atoms with van der Waals surface area (Å²) in [5.41, 5.74) is -1.63. The van der Waals surface area contributed by atoms with Crippen LogP contribution in [0.5, 0.6) is 5.88 Å². The number of hydrogen-bond acceptors (Lipinski definition) is 6. The standard InChI is InChI=1S/C22H26ClF3N6O3S2/c1-31-13-15(20(29-31)37(2,3)4)36(34)30-19(33)14-5-6-16(27-18(14)23)32-11-7-17(28-32)35-12-10-21(8-9-21)22(24,25)26/h5-7,11,13H,8-10,12H2,1-4H3,(H,30,33). The summed E-state index contributed by atoms with van der Waals surface area (Å²) < 4.78 is 62.8. The van der Waals surface area contributed by atoms with Crippen molar-refractivity contribution in [2.24, 2.45) is 12.5 Å². The molecule has 3 aromatic rings. The Morgan fingerprint density at radius 2 is 1.95 bits per heavy atom. The van der Waals surface area contributed by atoms with Crippen LogP contribution in [0, 0.1) is 5.41 Å². The van der Waals surface area contributed by atoms with Crippen molar-refractivity contribution in [2.45, 2.75) is 35.4 Å². The molecule has 1 atom stereocenters. The maximum atomic E-state index is 13.1. The molecule has 3 aromatic heterocycles. The van der Waals surface area contributed by atoms with Crippen LogP contribution < -0.4 is 9.46 Å². The first kappa shape index (κ1) is 27.5. The highest BCUT2D eigenvalue weighted by Gasteiger charge is 2.62. The smallest absolute Gasteiger partial charge is 0.394 e. The van der Waals surface area contributed by atoms with Gasteiger partial charge in [0.15, 0.2) is 16.8 Å². The molecule has 0 spiro atoms. The fourth-order valence-electron chi connectivity index (χ4n) is 3.60. The zero-order valence-electron chi connectivity index (χ0n) is 20.5. The normalized spacial score (nSPS) is 16.3. The third-order valence-corrected chi connectivity index (χ3v) is 8.84. The summed E-state index contributed by atoms with van der Waals surface area (Å²) in [5.74, 6) is -0.275. The van der Waals surface area contributed by atoms with E-state index in [4.69, 9.17) is 16.3 Å². The van der Waals surface area contributed by atoms with Crippen LogP contribution in [0.1, 0.15) is 29.6 Å². The Balaban J connectivity index is 1.40. The highest BCUT2D eigenvalue weighted by atomic mass is 35.5. The third-order valence-electron chi connectivity index (χ3n) is 5.89. The van der Waals surface area contributed by atoms with Gasteiger partial charge in [0, 0.05) is 25.5 Å². The van der Waals surface area contributed by atoms with Crippen LogP contribution in [-0.2, 0) is 18.0 Å². The van der Waals surface area contributed by atoms with Gasteiger partial charge in [0.05, 0.1) is 17.6 Å². The Morgan fingerprint density at radius 3 is 2.54 bits per heavy atom. The van der Waals surface area contributed by atoms with Gasteiger partial charge in [-0.05, 0) is 50.2 Å². The zero-order chi connectivity index (χ0) is 27.2. The van der Waals surface area contributed by atoms with E-state index in [0.717, 1.165) is 0 Å². The molecule has 1 N–H and O–H groups in total. The number of ether oxygens (including phenoxy) is 1. The summed E-state index contributed by atoms with van der Waals surface area (Å²) in [6.07, 6.45) is 5.02. The molecule has 1 aliphatic carbocycles. The first-order chi connectivity index (χ1) is 17.2. The lowest BCUT2D eigenvalue weighted by Crippen LogP contribution is -2.26. The molecule has 0 bridgehead atoms. The minimum Gasteiger partial charge on any atom is -0.477 e. The lowest BCUT2D eigenvalue weighted by molar-refractivity contribution is -0.190. The van der Waals surface area contributed by atoms with Gasteiger partial charge in [-0.25, -0.2) is 23.9 Å². The number of rotatable bonds is 9. The van der Waals surface area contributed by atoms with E-state index in [9.17, 15) is 22.2 Å². The highest BCUT2D eigenvalue weighted by Crippen LogP contribution is 2.59. The Kier molecular flexibility index (Phi) is 7.38. The molecule has 4 rings (SSSR count). The van der Waals surface area contributed by atoms with Crippen molar-refractivity contribution >= 4 is 38.5 Å². The fraction of sp³-hybridized carbons (Fsp3) is 0.455.